The number of hydrogen-bond donors (Lipinski definition) is 1. The van der Waals surface area contributed by atoms with E-state index < -0.39 is 17.0 Å². The van der Waals surface area contributed by atoms with Gasteiger partial charge in [0.15, 0.2) is 5.43 Å². The fourth-order valence-corrected chi connectivity index (χ4v) is 3.49. The van der Waals surface area contributed by atoms with Crippen LogP contribution in [0.1, 0.15) is 35.5 Å². The molecule has 0 aliphatic carbocycles. The third-order valence-electron chi connectivity index (χ3n) is 4.58. The van der Waals surface area contributed by atoms with Gasteiger partial charge in [0.2, 0.25) is 5.76 Å². The van der Waals surface area contributed by atoms with Gasteiger partial charge < -0.3 is 14.3 Å². The minimum absolute atomic E-state index is 0.219. The molecule has 0 saturated heterocycles. The van der Waals surface area contributed by atoms with Gasteiger partial charge in [-0.2, -0.15) is 0 Å². The monoisotopic (exact) mass is 336 g/mol. The summed E-state index contributed by atoms with van der Waals surface area (Å²) in [6.07, 6.45) is 0. The van der Waals surface area contributed by atoms with Crippen molar-refractivity contribution in [2.45, 2.75) is 26.4 Å². The molecule has 5 nitrogen and oxygen atoms in total. The molecule has 1 N–H and O–H groups in total. The molecule has 5 heteroatoms. The van der Waals surface area contributed by atoms with Crippen LogP contribution in [0.15, 0.2) is 45.6 Å². The first kappa shape index (κ1) is 15.4. The van der Waals surface area contributed by atoms with Crippen LogP contribution >= 0.6 is 0 Å². The number of rotatable bonds is 1. The lowest BCUT2D eigenvalue weighted by Gasteiger charge is -2.36. The Bertz CT molecular complexity index is 1110. The number of aromatic carboxylic acids is 1. The van der Waals surface area contributed by atoms with Crippen LogP contribution in [0.2, 0.25) is 0 Å². The predicted molar refractivity (Wildman–Crippen MR) is 93.3 cm³/mol. The van der Waals surface area contributed by atoms with Gasteiger partial charge in [0, 0.05) is 17.2 Å². The summed E-state index contributed by atoms with van der Waals surface area (Å²) in [6.45, 7) is 5.77. The fourth-order valence-electron chi connectivity index (χ4n) is 3.49. The zero-order valence-corrected chi connectivity index (χ0v) is 14.0. The highest BCUT2D eigenvalue weighted by molar-refractivity contribution is 5.97. The highest BCUT2D eigenvalue weighted by atomic mass is 16.5. The van der Waals surface area contributed by atoms with Gasteiger partial charge >= 0.3 is 5.97 Å². The number of hydrogen-bond acceptors (Lipinski definition) is 4. The van der Waals surface area contributed by atoms with Crippen molar-refractivity contribution in [2.24, 2.45) is 0 Å². The van der Waals surface area contributed by atoms with Crippen LogP contribution in [-0.2, 0) is 5.60 Å². The van der Waals surface area contributed by atoms with Gasteiger partial charge in [0.25, 0.3) is 0 Å². The predicted octanol–water partition coefficient (Wildman–Crippen LogP) is 4.09. The number of carboxylic acid groups (broad SMARTS) is 1. The van der Waals surface area contributed by atoms with E-state index in [-0.39, 0.29) is 16.7 Å². The Morgan fingerprint density at radius 1 is 1.16 bits per heavy atom. The lowest BCUT2D eigenvalue weighted by molar-refractivity contribution is 0.0662. The normalized spacial score (nSPS) is 14.5. The second-order valence-corrected chi connectivity index (χ2v) is 6.71. The van der Waals surface area contributed by atoms with E-state index >= 15 is 0 Å². The smallest absolute Gasteiger partial charge is 0.371 e. The molecular weight excluding hydrogens is 320 g/mol. The fraction of sp³-hybridized carbons (Fsp3) is 0.200. The highest BCUT2D eigenvalue weighted by Gasteiger charge is 2.35. The Labute approximate surface area is 143 Å². The zero-order valence-electron chi connectivity index (χ0n) is 14.0. The molecule has 0 unspecified atom stereocenters. The minimum Gasteiger partial charge on any atom is -0.482 e. The van der Waals surface area contributed by atoms with Gasteiger partial charge in [-0.25, -0.2) is 4.79 Å². The molecular formula is C20H16O5. The molecule has 126 valence electrons. The molecule has 1 aromatic heterocycles. The van der Waals surface area contributed by atoms with Crippen molar-refractivity contribution < 1.29 is 19.1 Å². The van der Waals surface area contributed by atoms with Crippen LogP contribution in [0, 0.1) is 6.92 Å². The summed E-state index contributed by atoms with van der Waals surface area (Å²) in [6, 6.07) is 10.6. The van der Waals surface area contributed by atoms with Crippen molar-refractivity contribution in [3.05, 3.63) is 63.5 Å². The molecule has 0 saturated carbocycles. The van der Waals surface area contributed by atoms with E-state index in [1.165, 1.54) is 0 Å². The number of carbonyl (C=O) groups is 1. The lowest BCUT2D eigenvalue weighted by Crippen LogP contribution is -2.30. The van der Waals surface area contributed by atoms with Crippen molar-refractivity contribution in [2.75, 3.05) is 0 Å². The minimum atomic E-state index is -1.28. The second kappa shape index (κ2) is 4.96. The van der Waals surface area contributed by atoms with E-state index in [1.807, 2.05) is 45.0 Å². The van der Waals surface area contributed by atoms with Crippen LogP contribution in [0.25, 0.3) is 22.1 Å². The van der Waals surface area contributed by atoms with Crippen LogP contribution in [0.3, 0.4) is 0 Å². The lowest BCUT2D eigenvalue weighted by atomic mass is 9.84. The summed E-state index contributed by atoms with van der Waals surface area (Å²) >= 11 is 0. The second-order valence-electron chi connectivity index (χ2n) is 6.71. The Hall–Kier alpha value is -3.08. The summed E-state index contributed by atoms with van der Waals surface area (Å²) in [5.41, 5.74) is 2.92. The molecule has 3 aromatic rings. The first-order valence-corrected chi connectivity index (χ1v) is 7.93. The van der Waals surface area contributed by atoms with E-state index in [4.69, 9.17) is 14.3 Å². The molecule has 2 heterocycles. The van der Waals surface area contributed by atoms with Crippen molar-refractivity contribution in [3.63, 3.8) is 0 Å². The summed E-state index contributed by atoms with van der Waals surface area (Å²) in [4.78, 5) is 23.8. The van der Waals surface area contributed by atoms with E-state index in [2.05, 4.69) is 0 Å². The summed E-state index contributed by atoms with van der Waals surface area (Å²) in [5, 5.41) is 9.40. The molecule has 4 rings (SSSR count). The van der Waals surface area contributed by atoms with Crippen molar-refractivity contribution in [1.82, 2.24) is 0 Å². The van der Waals surface area contributed by atoms with Crippen LogP contribution in [0.4, 0.5) is 0 Å². The quantitative estimate of drug-likeness (QED) is 0.724. The Morgan fingerprint density at radius 3 is 2.60 bits per heavy atom. The number of aryl methyl sites for hydroxylation is 1. The van der Waals surface area contributed by atoms with E-state index in [0.29, 0.717) is 5.75 Å². The molecule has 0 radical (unpaired) electrons. The summed E-state index contributed by atoms with van der Waals surface area (Å²) in [7, 11) is 0. The van der Waals surface area contributed by atoms with Gasteiger partial charge in [-0.15, -0.1) is 0 Å². The number of ether oxygens (including phenoxy) is 1. The van der Waals surface area contributed by atoms with Crippen LogP contribution in [0.5, 0.6) is 5.75 Å². The van der Waals surface area contributed by atoms with Gasteiger partial charge in [0.05, 0.1) is 0 Å². The molecule has 0 bridgehead atoms. The third kappa shape index (κ3) is 2.16. The Morgan fingerprint density at radius 2 is 1.88 bits per heavy atom. The van der Waals surface area contributed by atoms with Gasteiger partial charge in [-0.05, 0) is 38.0 Å². The maximum Gasteiger partial charge on any atom is 0.371 e. The van der Waals surface area contributed by atoms with Crippen molar-refractivity contribution in [3.8, 4) is 16.9 Å². The summed E-state index contributed by atoms with van der Waals surface area (Å²) in [5.74, 6) is -1.21. The van der Waals surface area contributed by atoms with Gasteiger partial charge in [-0.1, -0.05) is 24.3 Å². The van der Waals surface area contributed by atoms with E-state index in [0.717, 1.165) is 28.3 Å². The van der Waals surface area contributed by atoms with E-state index in [1.54, 1.807) is 6.07 Å². The first-order valence-electron chi connectivity index (χ1n) is 7.93. The SMILES string of the molecule is Cc1cc2oc(C(=O)O)cc(=O)c2c2c1-c1ccccc1C(C)(C)O2. The number of benzene rings is 2. The van der Waals surface area contributed by atoms with E-state index in [9.17, 15) is 9.59 Å². The summed E-state index contributed by atoms with van der Waals surface area (Å²) < 4.78 is 11.6. The topological polar surface area (TPSA) is 76.7 Å². The molecule has 0 amide bonds. The molecule has 0 spiro atoms. The third-order valence-corrected chi connectivity index (χ3v) is 4.58. The van der Waals surface area contributed by atoms with Crippen molar-refractivity contribution in [1.29, 1.82) is 0 Å². The maximum atomic E-state index is 12.6. The maximum absolute atomic E-state index is 12.6. The average Bonchev–Trinajstić information content (AvgIpc) is 2.53. The van der Waals surface area contributed by atoms with Gasteiger partial charge in [0.1, 0.15) is 22.3 Å². The Balaban J connectivity index is 2.16. The van der Waals surface area contributed by atoms with Crippen molar-refractivity contribution >= 4 is 16.9 Å². The van der Waals surface area contributed by atoms with Crippen LogP contribution in [-0.4, -0.2) is 11.1 Å². The van der Waals surface area contributed by atoms with Crippen LogP contribution < -0.4 is 10.2 Å². The van der Waals surface area contributed by atoms with Gasteiger partial charge in [-0.3, -0.25) is 4.79 Å². The Kier molecular flexibility index (Phi) is 3.06. The molecule has 0 fully saturated rings. The molecule has 25 heavy (non-hydrogen) atoms. The standard InChI is InChI=1S/C20H16O5/c1-10-8-14-17(13(21)9-15(24-14)19(22)23)18-16(10)11-6-4-5-7-12(11)20(2,3)25-18/h4-9H,1-3H3,(H,22,23). The molecule has 1 aliphatic heterocycles. The zero-order chi connectivity index (χ0) is 17.9. The highest BCUT2D eigenvalue weighted by Crippen LogP contribution is 2.49. The largest absolute Gasteiger partial charge is 0.482 e. The molecule has 1 aliphatic rings. The number of fused-ring (bicyclic) bond motifs is 5. The average molecular weight is 336 g/mol. The first-order chi connectivity index (χ1) is 11.8. The number of carboxylic acids is 1. The molecule has 0 atom stereocenters. The molecule has 2 aromatic carbocycles.